The van der Waals surface area contributed by atoms with Gasteiger partial charge in [0.25, 0.3) is 5.91 Å². The van der Waals surface area contributed by atoms with Crippen LogP contribution in [-0.2, 0) is 24.4 Å². The Morgan fingerprint density at radius 1 is 0.800 bits per heavy atom. The molecule has 1 atom stereocenters. The van der Waals surface area contributed by atoms with E-state index >= 15 is 0 Å². The van der Waals surface area contributed by atoms with Gasteiger partial charge in [-0.05, 0) is 74.4 Å². The number of nitrogens with one attached hydrogen (secondary N) is 4. The SMILES string of the molecule is CCN(CC)CCNC(=O)[C@H](CCCNCc1ccccn1)NC(=O)c1ccc(CNCc2ccccn2)cc1. The van der Waals surface area contributed by atoms with E-state index < -0.39 is 6.04 Å². The highest BCUT2D eigenvalue weighted by Gasteiger charge is 2.21. The van der Waals surface area contributed by atoms with Gasteiger partial charge in [-0.2, -0.15) is 0 Å². The Labute approximate surface area is 238 Å². The summed E-state index contributed by atoms with van der Waals surface area (Å²) in [5.41, 5.74) is 3.54. The van der Waals surface area contributed by atoms with Gasteiger partial charge in [-0.15, -0.1) is 0 Å². The molecule has 3 aromatic rings. The van der Waals surface area contributed by atoms with E-state index in [1.807, 2.05) is 48.5 Å². The van der Waals surface area contributed by atoms with Gasteiger partial charge in [-0.3, -0.25) is 19.6 Å². The first-order chi connectivity index (χ1) is 19.6. The lowest BCUT2D eigenvalue weighted by atomic mass is 10.1. The highest BCUT2D eigenvalue weighted by Crippen LogP contribution is 2.07. The second-order valence-corrected chi connectivity index (χ2v) is 9.61. The minimum absolute atomic E-state index is 0.152. The van der Waals surface area contributed by atoms with Gasteiger partial charge < -0.3 is 26.2 Å². The summed E-state index contributed by atoms with van der Waals surface area (Å²) in [5.74, 6) is -0.404. The molecule has 0 aliphatic rings. The number of rotatable bonds is 18. The lowest BCUT2D eigenvalue weighted by Gasteiger charge is -2.21. The number of nitrogens with zero attached hydrogens (tertiary/aromatic N) is 3. The molecule has 0 spiro atoms. The van der Waals surface area contributed by atoms with Crippen molar-refractivity contribution < 1.29 is 9.59 Å². The first-order valence-electron chi connectivity index (χ1n) is 14.2. The fraction of sp³-hybridized carbons (Fsp3) is 0.419. The molecule has 9 nitrogen and oxygen atoms in total. The number of amides is 2. The molecule has 3 rings (SSSR count). The van der Waals surface area contributed by atoms with E-state index in [1.165, 1.54) is 0 Å². The van der Waals surface area contributed by atoms with Gasteiger partial charge in [-0.1, -0.05) is 38.1 Å². The molecule has 0 saturated carbocycles. The van der Waals surface area contributed by atoms with Crippen LogP contribution in [0.3, 0.4) is 0 Å². The summed E-state index contributed by atoms with van der Waals surface area (Å²) >= 11 is 0. The number of benzene rings is 1. The Morgan fingerprint density at radius 3 is 2.05 bits per heavy atom. The van der Waals surface area contributed by atoms with Crippen molar-refractivity contribution in [1.82, 2.24) is 36.1 Å². The van der Waals surface area contributed by atoms with Crippen LogP contribution in [0.5, 0.6) is 0 Å². The van der Waals surface area contributed by atoms with Crippen LogP contribution in [0.15, 0.2) is 73.1 Å². The van der Waals surface area contributed by atoms with Gasteiger partial charge >= 0.3 is 0 Å². The monoisotopic (exact) mass is 545 g/mol. The molecule has 0 fully saturated rings. The number of hydrogen-bond donors (Lipinski definition) is 4. The number of carbonyl (C=O) groups is 2. The third-order valence-electron chi connectivity index (χ3n) is 6.70. The zero-order valence-corrected chi connectivity index (χ0v) is 23.7. The molecule has 2 aromatic heterocycles. The molecule has 2 heterocycles. The Morgan fingerprint density at radius 2 is 1.45 bits per heavy atom. The van der Waals surface area contributed by atoms with Crippen LogP contribution in [-0.4, -0.2) is 65.4 Å². The number of pyridine rings is 2. The van der Waals surface area contributed by atoms with Gasteiger partial charge in [0, 0.05) is 50.7 Å². The molecule has 214 valence electrons. The van der Waals surface area contributed by atoms with E-state index in [-0.39, 0.29) is 11.8 Å². The molecule has 0 aliphatic carbocycles. The number of hydrogen-bond acceptors (Lipinski definition) is 7. The van der Waals surface area contributed by atoms with Gasteiger partial charge in [0.1, 0.15) is 6.04 Å². The predicted octanol–water partition coefficient (Wildman–Crippen LogP) is 2.89. The van der Waals surface area contributed by atoms with Crippen LogP contribution in [0, 0.1) is 0 Å². The minimum Gasteiger partial charge on any atom is -0.353 e. The van der Waals surface area contributed by atoms with Crippen molar-refractivity contribution in [3.8, 4) is 0 Å². The first-order valence-corrected chi connectivity index (χ1v) is 14.2. The summed E-state index contributed by atoms with van der Waals surface area (Å²) in [7, 11) is 0. The Kier molecular flexibility index (Phi) is 13.8. The minimum atomic E-state index is -0.611. The van der Waals surface area contributed by atoms with Crippen LogP contribution < -0.4 is 21.3 Å². The van der Waals surface area contributed by atoms with Crippen molar-refractivity contribution >= 4 is 11.8 Å². The second kappa shape index (κ2) is 17.8. The van der Waals surface area contributed by atoms with Crippen molar-refractivity contribution in [2.75, 3.05) is 32.7 Å². The van der Waals surface area contributed by atoms with E-state index in [0.717, 1.165) is 49.6 Å². The average Bonchev–Trinajstić information content (AvgIpc) is 3.00. The molecule has 2 amide bonds. The van der Waals surface area contributed by atoms with Gasteiger partial charge in [0.2, 0.25) is 5.91 Å². The molecule has 40 heavy (non-hydrogen) atoms. The van der Waals surface area contributed by atoms with E-state index in [4.69, 9.17) is 0 Å². The lowest BCUT2D eigenvalue weighted by molar-refractivity contribution is -0.123. The highest BCUT2D eigenvalue weighted by atomic mass is 16.2. The molecule has 9 heteroatoms. The molecular formula is C31H43N7O2. The van der Waals surface area contributed by atoms with Crippen LogP contribution in [0.2, 0.25) is 0 Å². The summed E-state index contributed by atoms with van der Waals surface area (Å²) in [6, 6.07) is 18.5. The summed E-state index contributed by atoms with van der Waals surface area (Å²) < 4.78 is 0. The van der Waals surface area contributed by atoms with Crippen LogP contribution in [0.4, 0.5) is 0 Å². The normalized spacial score (nSPS) is 11.8. The number of carbonyl (C=O) groups excluding carboxylic acids is 2. The number of aromatic nitrogens is 2. The first kappa shape index (κ1) is 30.9. The average molecular weight is 546 g/mol. The van der Waals surface area contributed by atoms with E-state index in [1.54, 1.807) is 24.5 Å². The Balaban J connectivity index is 1.50. The van der Waals surface area contributed by atoms with Crippen molar-refractivity contribution in [2.24, 2.45) is 0 Å². The zero-order chi connectivity index (χ0) is 28.4. The molecule has 1 aromatic carbocycles. The van der Waals surface area contributed by atoms with Crippen LogP contribution in [0.1, 0.15) is 54.0 Å². The Bertz CT molecular complexity index is 1120. The van der Waals surface area contributed by atoms with Crippen molar-refractivity contribution in [1.29, 1.82) is 0 Å². The summed E-state index contributed by atoms with van der Waals surface area (Å²) in [6.07, 6.45) is 4.83. The fourth-order valence-electron chi connectivity index (χ4n) is 4.27. The largest absolute Gasteiger partial charge is 0.353 e. The molecule has 0 unspecified atom stereocenters. The molecule has 0 bridgehead atoms. The van der Waals surface area contributed by atoms with Crippen LogP contribution in [0.25, 0.3) is 0 Å². The summed E-state index contributed by atoms with van der Waals surface area (Å²) in [4.78, 5) is 37.0. The van der Waals surface area contributed by atoms with Gasteiger partial charge in [0.15, 0.2) is 0 Å². The van der Waals surface area contributed by atoms with Gasteiger partial charge in [-0.25, -0.2) is 0 Å². The van der Waals surface area contributed by atoms with Gasteiger partial charge in [0.05, 0.1) is 11.4 Å². The standard InChI is InChI=1S/C31H43N7O2/c1-3-38(4-2)21-20-36-31(40)29(12-9-17-32-23-27-10-5-7-18-34-27)37-30(39)26-15-13-25(14-16-26)22-33-24-28-11-6-8-19-35-28/h5-8,10-11,13-16,18-19,29,32-33H,3-4,9,12,17,20-24H2,1-2H3,(H,36,40)(H,37,39)/t29-/m0/s1. The maximum atomic E-state index is 13.1. The smallest absolute Gasteiger partial charge is 0.251 e. The molecule has 0 radical (unpaired) electrons. The van der Waals surface area contributed by atoms with E-state index in [2.05, 4.69) is 50.0 Å². The second-order valence-electron chi connectivity index (χ2n) is 9.61. The third kappa shape index (κ3) is 11.2. The predicted molar refractivity (Wildman–Crippen MR) is 158 cm³/mol. The summed E-state index contributed by atoms with van der Waals surface area (Å²) in [5, 5.41) is 12.7. The molecule has 0 saturated heterocycles. The molecular weight excluding hydrogens is 502 g/mol. The molecule has 4 N–H and O–H groups in total. The van der Waals surface area contributed by atoms with Crippen molar-refractivity contribution in [2.45, 2.75) is 52.4 Å². The maximum absolute atomic E-state index is 13.1. The summed E-state index contributed by atoms with van der Waals surface area (Å²) in [6.45, 7) is 10.1. The van der Waals surface area contributed by atoms with E-state index in [0.29, 0.717) is 38.2 Å². The maximum Gasteiger partial charge on any atom is 0.251 e. The number of likely N-dealkylation sites (N-methyl/N-ethyl adjacent to an activating group) is 1. The fourth-order valence-corrected chi connectivity index (χ4v) is 4.27. The third-order valence-corrected chi connectivity index (χ3v) is 6.70. The molecule has 0 aliphatic heterocycles. The lowest BCUT2D eigenvalue weighted by Crippen LogP contribution is -2.48. The zero-order valence-electron chi connectivity index (χ0n) is 23.7. The van der Waals surface area contributed by atoms with E-state index in [9.17, 15) is 9.59 Å². The van der Waals surface area contributed by atoms with Crippen LogP contribution >= 0.6 is 0 Å². The Hall–Kier alpha value is -3.66. The highest BCUT2D eigenvalue weighted by molar-refractivity contribution is 5.97. The quantitative estimate of drug-likeness (QED) is 0.182. The van der Waals surface area contributed by atoms with Crippen molar-refractivity contribution in [3.63, 3.8) is 0 Å². The topological polar surface area (TPSA) is 111 Å². The van der Waals surface area contributed by atoms with Crippen molar-refractivity contribution in [3.05, 3.63) is 95.6 Å².